The lowest BCUT2D eigenvalue weighted by molar-refractivity contribution is -0.143. The van der Waals surface area contributed by atoms with E-state index in [4.69, 9.17) is 11.6 Å². The molecule has 0 aromatic carbocycles. The normalized spacial score (nSPS) is 13.3. The number of nitrogens with one attached hydrogen (secondary N) is 1. The highest BCUT2D eigenvalue weighted by molar-refractivity contribution is 6.28. The number of hydrogen-bond acceptors (Lipinski definition) is 5. The number of aromatic nitrogens is 2. The van der Waals surface area contributed by atoms with Gasteiger partial charge in [0.25, 0.3) is 0 Å². The molecule has 1 aromatic rings. The lowest BCUT2D eigenvalue weighted by Crippen LogP contribution is -2.48. The molecular weight excluding hydrogens is 299 g/mol. The van der Waals surface area contributed by atoms with Crippen LogP contribution in [0, 0.1) is 11.2 Å². The zero-order valence-electron chi connectivity index (χ0n) is 12.5. The van der Waals surface area contributed by atoms with Crippen molar-refractivity contribution < 1.29 is 14.3 Å². The minimum absolute atomic E-state index is 0.113. The molecule has 0 saturated heterocycles. The molecule has 0 aliphatic rings. The van der Waals surface area contributed by atoms with Crippen LogP contribution in [0.25, 0.3) is 0 Å². The molecule has 8 heteroatoms. The van der Waals surface area contributed by atoms with Crippen molar-refractivity contribution in [3.8, 4) is 0 Å². The van der Waals surface area contributed by atoms with E-state index >= 15 is 0 Å². The largest absolute Gasteiger partial charge is 0.480 e. The Balaban J connectivity index is 3.06. The average molecular weight is 319 g/mol. The summed E-state index contributed by atoms with van der Waals surface area (Å²) in [6.45, 7) is 8.01. The predicted molar refractivity (Wildman–Crippen MR) is 78.5 cm³/mol. The molecule has 21 heavy (non-hydrogen) atoms. The first-order valence-corrected chi connectivity index (χ1v) is 6.96. The summed E-state index contributed by atoms with van der Waals surface area (Å²) < 4.78 is 13.7. The zero-order valence-corrected chi connectivity index (χ0v) is 13.3. The number of rotatable bonds is 6. The smallest absolute Gasteiger partial charge is 0.322 e. The quantitative estimate of drug-likeness (QED) is 0.620. The Kier molecular flexibility index (Phi) is 5.86. The first kappa shape index (κ1) is 17.6. The van der Waals surface area contributed by atoms with Crippen molar-refractivity contribution in [3.05, 3.63) is 17.3 Å². The van der Waals surface area contributed by atoms with E-state index in [-0.39, 0.29) is 16.5 Å². The molecule has 1 atom stereocenters. The van der Waals surface area contributed by atoms with Crippen LogP contribution in [0.2, 0.25) is 5.28 Å². The standard InChI is InChI=1S/C13H20ClFN4O2/c1-5-9(11(20)21)19(7-13(2,3)4)18-10-8(15)6-16-12(14)17-10/h6,9H,5,7H2,1-4H3,(H,20,21)(H,16,17,18). The summed E-state index contributed by atoms with van der Waals surface area (Å²) >= 11 is 5.65. The predicted octanol–water partition coefficient (Wildman–Crippen LogP) is 2.81. The summed E-state index contributed by atoms with van der Waals surface area (Å²) in [4.78, 5) is 18.6. The van der Waals surface area contributed by atoms with Gasteiger partial charge in [0.2, 0.25) is 5.28 Å². The SMILES string of the molecule is CCC(C(=O)O)N(CC(C)(C)C)Nc1nc(Cl)ncc1F. The average Bonchev–Trinajstić information content (AvgIpc) is 2.32. The number of aliphatic carboxylic acids is 1. The zero-order chi connectivity index (χ0) is 16.2. The Hall–Kier alpha value is -1.47. The van der Waals surface area contributed by atoms with E-state index in [2.05, 4.69) is 15.4 Å². The second kappa shape index (κ2) is 7.00. The maximum absolute atomic E-state index is 13.7. The second-order valence-electron chi connectivity index (χ2n) is 5.90. The Morgan fingerprint density at radius 3 is 2.67 bits per heavy atom. The molecule has 0 radical (unpaired) electrons. The van der Waals surface area contributed by atoms with Crippen LogP contribution in [0.1, 0.15) is 34.1 Å². The summed E-state index contributed by atoms with van der Waals surface area (Å²) in [5.74, 6) is -1.83. The molecule has 1 unspecified atom stereocenters. The van der Waals surface area contributed by atoms with Crippen LogP contribution < -0.4 is 5.43 Å². The van der Waals surface area contributed by atoms with Gasteiger partial charge in [-0.1, -0.05) is 27.7 Å². The van der Waals surface area contributed by atoms with Gasteiger partial charge in [0.15, 0.2) is 11.6 Å². The third-order valence-electron chi connectivity index (χ3n) is 2.66. The summed E-state index contributed by atoms with van der Waals surface area (Å²) in [5, 5.41) is 10.7. The molecule has 1 heterocycles. The molecule has 1 rings (SSSR count). The van der Waals surface area contributed by atoms with Crippen LogP contribution in [-0.4, -0.2) is 38.6 Å². The van der Waals surface area contributed by atoms with E-state index in [1.54, 1.807) is 6.92 Å². The van der Waals surface area contributed by atoms with Crippen molar-refractivity contribution in [1.82, 2.24) is 15.0 Å². The van der Waals surface area contributed by atoms with E-state index < -0.39 is 17.8 Å². The summed E-state index contributed by atoms with van der Waals surface area (Å²) in [6.07, 6.45) is 1.30. The van der Waals surface area contributed by atoms with Gasteiger partial charge in [0.05, 0.1) is 6.20 Å². The fourth-order valence-corrected chi connectivity index (χ4v) is 1.96. The third-order valence-corrected chi connectivity index (χ3v) is 2.84. The van der Waals surface area contributed by atoms with Crippen molar-refractivity contribution >= 4 is 23.4 Å². The molecule has 0 aliphatic heterocycles. The highest BCUT2D eigenvalue weighted by Crippen LogP contribution is 2.21. The van der Waals surface area contributed by atoms with Gasteiger partial charge in [-0.3, -0.25) is 10.2 Å². The molecule has 6 nitrogen and oxygen atoms in total. The van der Waals surface area contributed by atoms with Crippen LogP contribution in [0.4, 0.5) is 10.2 Å². The first-order chi connectivity index (χ1) is 9.64. The van der Waals surface area contributed by atoms with Gasteiger partial charge >= 0.3 is 5.97 Å². The van der Waals surface area contributed by atoms with E-state index in [0.29, 0.717) is 13.0 Å². The van der Waals surface area contributed by atoms with Gasteiger partial charge in [-0.05, 0) is 23.4 Å². The molecule has 2 N–H and O–H groups in total. The third kappa shape index (κ3) is 5.43. The number of carbonyl (C=O) groups is 1. The number of hydrazine groups is 1. The Morgan fingerprint density at radius 2 is 2.19 bits per heavy atom. The van der Waals surface area contributed by atoms with Gasteiger partial charge in [-0.15, -0.1) is 0 Å². The lowest BCUT2D eigenvalue weighted by atomic mass is 9.96. The molecular formula is C13H20ClFN4O2. The molecule has 0 bridgehead atoms. The molecule has 0 fully saturated rings. The second-order valence-corrected chi connectivity index (χ2v) is 6.24. The topological polar surface area (TPSA) is 78.4 Å². The van der Waals surface area contributed by atoms with Crippen LogP contribution in [0.5, 0.6) is 0 Å². The van der Waals surface area contributed by atoms with Crippen LogP contribution in [-0.2, 0) is 4.79 Å². The maximum Gasteiger partial charge on any atom is 0.322 e. The Labute approximate surface area is 128 Å². The number of halogens is 2. The Bertz CT molecular complexity index is 507. The lowest BCUT2D eigenvalue weighted by Gasteiger charge is -2.34. The van der Waals surface area contributed by atoms with Crippen LogP contribution in [0.15, 0.2) is 6.20 Å². The fourth-order valence-electron chi connectivity index (χ4n) is 1.83. The van der Waals surface area contributed by atoms with Crippen molar-refractivity contribution in [2.75, 3.05) is 12.0 Å². The van der Waals surface area contributed by atoms with Crippen molar-refractivity contribution in [1.29, 1.82) is 0 Å². The van der Waals surface area contributed by atoms with Gasteiger partial charge in [-0.25, -0.2) is 14.4 Å². The van der Waals surface area contributed by atoms with Gasteiger partial charge < -0.3 is 5.11 Å². The van der Waals surface area contributed by atoms with E-state index in [1.807, 2.05) is 20.8 Å². The van der Waals surface area contributed by atoms with E-state index in [1.165, 1.54) is 5.01 Å². The fraction of sp³-hybridized carbons (Fsp3) is 0.615. The van der Waals surface area contributed by atoms with Crippen molar-refractivity contribution in [2.24, 2.45) is 5.41 Å². The monoisotopic (exact) mass is 318 g/mol. The summed E-state index contributed by atoms with van der Waals surface area (Å²) in [5.41, 5.74) is 2.53. The van der Waals surface area contributed by atoms with Gasteiger partial charge in [-0.2, -0.15) is 4.98 Å². The van der Waals surface area contributed by atoms with Crippen molar-refractivity contribution in [3.63, 3.8) is 0 Å². The number of hydrogen-bond donors (Lipinski definition) is 2. The molecule has 118 valence electrons. The minimum Gasteiger partial charge on any atom is -0.480 e. The molecule has 0 saturated carbocycles. The molecule has 0 amide bonds. The molecule has 0 spiro atoms. The van der Waals surface area contributed by atoms with Gasteiger partial charge in [0, 0.05) is 6.54 Å². The number of nitrogens with zero attached hydrogens (tertiary/aromatic N) is 3. The highest BCUT2D eigenvalue weighted by atomic mass is 35.5. The van der Waals surface area contributed by atoms with E-state index in [9.17, 15) is 14.3 Å². The molecule has 0 aliphatic carbocycles. The first-order valence-electron chi connectivity index (χ1n) is 6.58. The summed E-state index contributed by atoms with van der Waals surface area (Å²) in [7, 11) is 0. The van der Waals surface area contributed by atoms with E-state index in [0.717, 1.165) is 6.20 Å². The molecule has 1 aromatic heterocycles. The van der Waals surface area contributed by atoms with Crippen LogP contribution >= 0.6 is 11.6 Å². The number of anilines is 1. The number of carboxylic acids is 1. The summed E-state index contributed by atoms with van der Waals surface area (Å²) in [6, 6.07) is -0.808. The highest BCUT2D eigenvalue weighted by Gasteiger charge is 2.28. The Morgan fingerprint density at radius 1 is 1.57 bits per heavy atom. The van der Waals surface area contributed by atoms with Crippen LogP contribution in [0.3, 0.4) is 0 Å². The maximum atomic E-state index is 13.7. The number of carboxylic acid groups (broad SMARTS) is 1. The van der Waals surface area contributed by atoms with Gasteiger partial charge in [0.1, 0.15) is 6.04 Å². The van der Waals surface area contributed by atoms with Crippen molar-refractivity contribution in [2.45, 2.75) is 40.2 Å². The minimum atomic E-state index is -0.991.